The average Bonchev–Trinajstić information content (AvgIpc) is 2.40. The molecule has 0 bridgehead atoms. The Morgan fingerprint density at radius 1 is 1.35 bits per heavy atom. The minimum Gasteiger partial charge on any atom is -0.481 e. The normalized spacial score (nSPS) is 13.2. The van der Waals surface area contributed by atoms with E-state index in [1.165, 1.54) is 32.2 Å². The van der Waals surface area contributed by atoms with Gasteiger partial charge in [0, 0.05) is 18.7 Å². The number of hydrogen-bond acceptors (Lipinski definition) is 4. The molecule has 0 heterocycles. The Morgan fingerprint density at radius 3 is 2.55 bits per heavy atom. The van der Waals surface area contributed by atoms with E-state index in [9.17, 15) is 14.0 Å². The Bertz CT molecular complexity index is 506. The molecule has 0 spiro atoms. The number of hydrogen-bond donors (Lipinski definition) is 3. The topological polar surface area (TPSA) is 93.5 Å². The van der Waals surface area contributed by atoms with E-state index in [-0.39, 0.29) is 0 Å². The van der Waals surface area contributed by atoms with Crippen molar-refractivity contribution >= 4 is 11.9 Å². The molecule has 1 unspecified atom stereocenters. The average molecular weight is 283 g/mol. The van der Waals surface area contributed by atoms with Crippen LogP contribution in [0.25, 0.3) is 0 Å². The lowest BCUT2D eigenvalue weighted by Gasteiger charge is -2.18. The van der Waals surface area contributed by atoms with Gasteiger partial charge in [0.25, 0.3) is 5.91 Å². The third-order valence-electron chi connectivity index (χ3n) is 2.60. The zero-order valence-corrected chi connectivity index (χ0v) is 11.6. The summed E-state index contributed by atoms with van der Waals surface area (Å²) >= 11 is 0. The molecule has 110 valence electrons. The van der Waals surface area contributed by atoms with E-state index in [0.717, 1.165) is 0 Å². The number of nitrogens with one attached hydrogen (secondary N) is 2. The number of benzene rings is 1. The van der Waals surface area contributed by atoms with Crippen molar-refractivity contribution in [1.82, 2.24) is 10.6 Å². The van der Waals surface area contributed by atoms with Gasteiger partial charge in [0.05, 0.1) is 0 Å². The summed E-state index contributed by atoms with van der Waals surface area (Å²) in [4.78, 5) is 22.7. The predicted octanol–water partition coefficient (Wildman–Crippen LogP) is 1.07. The van der Waals surface area contributed by atoms with Crippen LogP contribution in [0.1, 0.15) is 25.5 Å². The first-order chi connectivity index (χ1) is 9.35. The maximum absolute atomic E-state index is 13.2. The van der Waals surface area contributed by atoms with E-state index >= 15 is 0 Å². The second-order valence-electron chi connectivity index (χ2n) is 4.30. The van der Waals surface area contributed by atoms with Gasteiger partial charge in [0.2, 0.25) is 0 Å². The maximum atomic E-state index is 13.2. The number of rotatable bonds is 4. The van der Waals surface area contributed by atoms with E-state index in [2.05, 4.69) is 10.6 Å². The van der Waals surface area contributed by atoms with Crippen molar-refractivity contribution in [1.29, 1.82) is 0 Å². The molecule has 0 radical (unpaired) electrons. The van der Waals surface area contributed by atoms with Gasteiger partial charge in [-0.3, -0.25) is 10.1 Å². The van der Waals surface area contributed by atoms with Gasteiger partial charge in [-0.1, -0.05) is 0 Å². The van der Waals surface area contributed by atoms with Gasteiger partial charge >= 0.3 is 6.03 Å². The van der Waals surface area contributed by atoms with Crippen LogP contribution in [0.15, 0.2) is 18.2 Å². The fourth-order valence-electron chi connectivity index (χ4n) is 1.50. The van der Waals surface area contributed by atoms with Gasteiger partial charge < -0.3 is 15.8 Å². The van der Waals surface area contributed by atoms with Crippen LogP contribution < -0.4 is 21.1 Å². The van der Waals surface area contributed by atoms with Gasteiger partial charge in [-0.15, -0.1) is 0 Å². The van der Waals surface area contributed by atoms with Gasteiger partial charge in [-0.2, -0.15) is 0 Å². The Hall–Kier alpha value is -2.15. The monoisotopic (exact) mass is 283 g/mol. The van der Waals surface area contributed by atoms with Gasteiger partial charge in [-0.25, -0.2) is 9.18 Å². The van der Waals surface area contributed by atoms with Gasteiger partial charge in [-0.05, 0) is 32.0 Å². The van der Waals surface area contributed by atoms with Gasteiger partial charge in [0.15, 0.2) is 6.10 Å². The molecule has 0 saturated heterocycles. The van der Waals surface area contributed by atoms with Crippen LogP contribution in [-0.4, -0.2) is 25.1 Å². The van der Waals surface area contributed by atoms with Crippen molar-refractivity contribution in [3.05, 3.63) is 29.6 Å². The summed E-state index contributed by atoms with van der Waals surface area (Å²) in [5.41, 5.74) is 6.17. The molecule has 0 aliphatic rings. The van der Waals surface area contributed by atoms with E-state index in [1.54, 1.807) is 6.92 Å². The maximum Gasteiger partial charge on any atom is 0.321 e. The fourth-order valence-corrected chi connectivity index (χ4v) is 1.50. The Morgan fingerprint density at radius 2 is 2.00 bits per heavy atom. The lowest BCUT2D eigenvalue weighted by molar-refractivity contribution is -0.126. The van der Waals surface area contributed by atoms with Crippen molar-refractivity contribution in [2.45, 2.75) is 26.0 Å². The van der Waals surface area contributed by atoms with Gasteiger partial charge in [0.1, 0.15) is 11.6 Å². The predicted molar refractivity (Wildman–Crippen MR) is 71.7 cm³/mol. The molecule has 0 aromatic heterocycles. The second kappa shape index (κ2) is 6.85. The van der Waals surface area contributed by atoms with Crippen LogP contribution in [0, 0.1) is 5.82 Å². The molecule has 1 rings (SSSR count). The minimum atomic E-state index is -0.921. The van der Waals surface area contributed by atoms with Crippen LogP contribution in [0.3, 0.4) is 0 Å². The number of amides is 3. The number of halogens is 1. The zero-order chi connectivity index (χ0) is 15.3. The van der Waals surface area contributed by atoms with Crippen LogP contribution in [0.5, 0.6) is 5.75 Å². The smallest absolute Gasteiger partial charge is 0.321 e. The Kier molecular flexibility index (Phi) is 5.45. The standard InChI is InChI=1S/C13H18FN3O3/c1-7(15)10-6-9(14)4-5-11(10)20-8(2)12(18)17-13(19)16-3/h4-8H,15H2,1-3H3,(H2,16,17,18,19)/t7-,8?/m1/s1. The summed E-state index contributed by atoms with van der Waals surface area (Å²) in [6, 6.07) is 2.79. The third kappa shape index (κ3) is 4.20. The molecule has 1 aromatic rings. The first-order valence-electron chi connectivity index (χ1n) is 6.09. The number of nitrogens with two attached hydrogens (primary N) is 1. The summed E-state index contributed by atoms with van der Waals surface area (Å²) in [6.45, 7) is 3.16. The Balaban J connectivity index is 2.82. The number of urea groups is 1. The van der Waals surface area contributed by atoms with Crippen LogP contribution in [0.4, 0.5) is 9.18 Å². The molecule has 2 atom stereocenters. The molecule has 6 nitrogen and oxygen atoms in total. The first-order valence-corrected chi connectivity index (χ1v) is 6.09. The third-order valence-corrected chi connectivity index (χ3v) is 2.60. The Labute approximate surface area is 116 Å². The number of imide groups is 1. The molecular weight excluding hydrogens is 265 g/mol. The van der Waals surface area contributed by atoms with E-state index in [1.807, 2.05) is 0 Å². The highest BCUT2D eigenvalue weighted by Gasteiger charge is 2.19. The van der Waals surface area contributed by atoms with Crippen molar-refractivity contribution in [2.24, 2.45) is 5.73 Å². The van der Waals surface area contributed by atoms with E-state index in [0.29, 0.717) is 11.3 Å². The first kappa shape index (κ1) is 15.9. The summed E-state index contributed by atoms with van der Waals surface area (Å²) in [6.07, 6.45) is -0.921. The van der Waals surface area contributed by atoms with E-state index in [4.69, 9.17) is 10.5 Å². The summed E-state index contributed by atoms with van der Waals surface area (Å²) in [5.74, 6) is -0.739. The molecule has 1 aromatic carbocycles. The zero-order valence-electron chi connectivity index (χ0n) is 11.6. The molecule has 7 heteroatoms. The quantitative estimate of drug-likeness (QED) is 0.770. The summed E-state index contributed by atoms with van der Waals surface area (Å²) in [7, 11) is 1.39. The largest absolute Gasteiger partial charge is 0.481 e. The lowest BCUT2D eigenvalue weighted by Crippen LogP contribution is -2.44. The van der Waals surface area contributed by atoms with Crippen molar-refractivity contribution in [2.75, 3.05) is 7.05 Å². The molecule has 20 heavy (non-hydrogen) atoms. The van der Waals surface area contributed by atoms with Crippen LogP contribution >= 0.6 is 0 Å². The van der Waals surface area contributed by atoms with Crippen LogP contribution in [-0.2, 0) is 4.79 Å². The minimum absolute atomic E-state index is 0.306. The number of ether oxygens (including phenoxy) is 1. The van der Waals surface area contributed by atoms with E-state index < -0.39 is 29.9 Å². The lowest BCUT2D eigenvalue weighted by atomic mass is 10.1. The molecule has 3 amide bonds. The van der Waals surface area contributed by atoms with Crippen molar-refractivity contribution in [3.63, 3.8) is 0 Å². The molecule has 0 fully saturated rings. The van der Waals surface area contributed by atoms with Crippen molar-refractivity contribution in [3.8, 4) is 5.75 Å². The SMILES string of the molecule is CNC(=O)NC(=O)C(C)Oc1ccc(F)cc1[C@@H](C)N. The number of carbonyl (C=O) groups excluding carboxylic acids is 2. The molecule has 0 saturated carbocycles. The summed E-state index contributed by atoms with van der Waals surface area (Å²) < 4.78 is 18.6. The molecular formula is C13H18FN3O3. The molecule has 0 aliphatic heterocycles. The second-order valence-corrected chi connectivity index (χ2v) is 4.30. The highest BCUT2D eigenvalue weighted by atomic mass is 19.1. The highest BCUT2D eigenvalue weighted by molar-refractivity contribution is 5.96. The van der Waals surface area contributed by atoms with Crippen LogP contribution in [0.2, 0.25) is 0 Å². The molecule has 4 N–H and O–H groups in total. The van der Waals surface area contributed by atoms with Crippen molar-refractivity contribution < 1.29 is 18.7 Å². The highest BCUT2D eigenvalue weighted by Crippen LogP contribution is 2.25. The fraction of sp³-hybridized carbons (Fsp3) is 0.385. The number of carbonyl (C=O) groups is 2. The summed E-state index contributed by atoms with van der Waals surface area (Å²) in [5, 5.41) is 4.35. The molecule has 0 aliphatic carbocycles.